The fourth-order valence-electron chi connectivity index (χ4n) is 2.18. The van der Waals surface area contributed by atoms with Crippen molar-refractivity contribution in [3.63, 3.8) is 0 Å². The molecule has 1 aromatic rings. The van der Waals surface area contributed by atoms with Crippen molar-refractivity contribution in [1.82, 2.24) is 10.6 Å². The number of nitrogens with one attached hydrogen (secondary N) is 2. The van der Waals surface area contributed by atoms with Crippen molar-refractivity contribution >= 4 is 41.3 Å². The second kappa shape index (κ2) is 12.1. The van der Waals surface area contributed by atoms with Crippen molar-refractivity contribution < 1.29 is 9.47 Å². The first-order chi connectivity index (χ1) is 10.4. The van der Waals surface area contributed by atoms with E-state index in [2.05, 4.69) is 33.1 Å². The van der Waals surface area contributed by atoms with Crippen molar-refractivity contribution in [3.05, 3.63) is 22.4 Å². The van der Waals surface area contributed by atoms with E-state index in [1.165, 1.54) is 11.3 Å². The number of nitrogens with zero attached hydrogens (tertiary/aromatic N) is 1. The van der Waals surface area contributed by atoms with Gasteiger partial charge in [-0.2, -0.15) is 0 Å². The molecule has 2 N–H and O–H groups in total. The molecule has 1 fully saturated rings. The molecule has 1 aliphatic rings. The van der Waals surface area contributed by atoms with Crippen LogP contribution in [0, 0.1) is 0 Å². The van der Waals surface area contributed by atoms with E-state index in [1.807, 2.05) is 0 Å². The molecule has 0 aliphatic carbocycles. The van der Waals surface area contributed by atoms with E-state index in [4.69, 9.17) is 9.47 Å². The molecular weight excluding hydrogens is 413 g/mol. The molecule has 1 unspecified atom stereocenters. The third-order valence-corrected chi connectivity index (χ3v) is 4.20. The molecule has 0 saturated carbocycles. The number of ether oxygens (including phenoxy) is 2. The summed E-state index contributed by atoms with van der Waals surface area (Å²) in [5.74, 6) is 0.836. The quantitative estimate of drug-likeness (QED) is 0.283. The molecule has 5 nitrogen and oxygen atoms in total. The molecule has 0 spiro atoms. The molecule has 126 valence electrons. The Hall–Kier alpha value is -0.380. The van der Waals surface area contributed by atoms with Gasteiger partial charge in [0, 0.05) is 31.7 Å². The van der Waals surface area contributed by atoms with Crippen LogP contribution in [0.2, 0.25) is 0 Å². The van der Waals surface area contributed by atoms with Crippen molar-refractivity contribution in [1.29, 1.82) is 0 Å². The molecule has 1 aliphatic heterocycles. The Kier molecular flexibility index (Phi) is 10.8. The van der Waals surface area contributed by atoms with Gasteiger partial charge in [0.25, 0.3) is 0 Å². The zero-order valence-electron chi connectivity index (χ0n) is 13.0. The van der Waals surface area contributed by atoms with E-state index >= 15 is 0 Å². The molecule has 2 heterocycles. The summed E-state index contributed by atoms with van der Waals surface area (Å²) in [4.78, 5) is 5.51. The van der Waals surface area contributed by atoms with Crippen LogP contribution in [0.15, 0.2) is 22.5 Å². The summed E-state index contributed by atoms with van der Waals surface area (Å²) in [6, 6.07) is 4.17. The van der Waals surface area contributed by atoms with Gasteiger partial charge in [-0.05, 0) is 30.7 Å². The highest BCUT2D eigenvalue weighted by Gasteiger charge is 2.14. The third-order valence-electron chi connectivity index (χ3n) is 3.32. The maximum absolute atomic E-state index is 5.63. The maximum atomic E-state index is 5.63. The molecule has 2 rings (SSSR count). The van der Waals surface area contributed by atoms with Crippen molar-refractivity contribution in [3.8, 4) is 0 Å². The van der Waals surface area contributed by atoms with E-state index in [-0.39, 0.29) is 24.0 Å². The van der Waals surface area contributed by atoms with Gasteiger partial charge >= 0.3 is 0 Å². The first-order valence-electron chi connectivity index (χ1n) is 7.54. The third kappa shape index (κ3) is 7.75. The lowest BCUT2D eigenvalue weighted by molar-refractivity contribution is 0.0168. The predicted octanol–water partition coefficient (Wildman–Crippen LogP) is 2.62. The van der Waals surface area contributed by atoms with Crippen LogP contribution in [0.5, 0.6) is 0 Å². The Morgan fingerprint density at radius 1 is 1.50 bits per heavy atom. The van der Waals surface area contributed by atoms with Crippen LogP contribution in [0.3, 0.4) is 0 Å². The largest absolute Gasteiger partial charge is 0.379 e. The van der Waals surface area contributed by atoms with E-state index in [0.717, 1.165) is 51.7 Å². The predicted molar refractivity (Wildman–Crippen MR) is 102 cm³/mol. The Labute approximate surface area is 153 Å². The summed E-state index contributed by atoms with van der Waals surface area (Å²) in [6.07, 6.45) is 3.59. The zero-order valence-corrected chi connectivity index (χ0v) is 16.2. The number of thiophene rings is 1. The highest BCUT2D eigenvalue weighted by molar-refractivity contribution is 14.0. The summed E-state index contributed by atoms with van der Waals surface area (Å²) in [6.45, 7) is 4.05. The molecule has 1 saturated heterocycles. The van der Waals surface area contributed by atoms with Gasteiger partial charge in [-0.1, -0.05) is 6.07 Å². The lowest BCUT2D eigenvalue weighted by Crippen LogP contribution is -2.37. The minimum atomic E-state index is 0. The fourth-order valence-corrected chi connectivity index (χ4v) is 2.82. The van der Waals surface area contributed by atoms with Crippen LogP contribution in [-0.4, -0.2) is 45.5 Å². The number of hydrogen-bond donors (Lipinski definition) is 2. The van der Waals surface area contributed by atoms with Crippen LogP contribution < -0.4 is 10.6 Å². The molecule has 0 aromatic carbocycles. The van der Waals surface area contributed by atoms with Gasteiger partial charge in [-0.15, -0.1) is 35.3 Å². The summed E-state index contributed by atoms with van der Waals surface area (Å²) in [5, 5.41) is 8.67. The average molecular weight is 439 g/mol. The summed E-state index contributed by atoms with van der Waals surface area (Å²) in [5.41, 5.74) is 0. The van der Waals surface area contributed by atoms with E-state index < -0.39 is 0 Å². The zero-order chi connectivity index (χ0) is 14.8. The molecule has 0 radical (unpaired) electrons. The second-order valence-electron chi connectivity index (χ2n) is 5.00. The standard InChI is InChI=1S/C15H25N3O2S.HI/c1-16-15(18-11-14-6-3-10-21-14)17-7-4-8-19-12-13-5-2-9-20-13;/h3,6,10,13H,2,4-5,7-9,11-12H2,1H3,(H2,16,17,18);1H. The summed E-state index contributed by atoms with van der Waals surface area (Å²) < 4.78 is 11.1. The number of guanidine groups is 1. The normalized spacial score (nSPS) is 18.0. The van der Waals surface area contributed by atoms with E-state index in [0.29, 0.717) is 6.10 Å². The molecule has 0 bridgehead atoms. The van der Waals surface area contributed by atoms with Crippen molar-refractivity contribution in [2.45, 2.75) is 31.9 Å². The van der Waals surface area contributed by atoms with Crippen LogP contribution >= 0.6 is 35.3 Å². The molecule has 1 atom stereocenters. The Morgan fingerprint density at radius 2 is 2.41 bits per heavy atom. The SMILES string of the molecule is CN=C(NCCCOCC1CCCO1)NCc1cccs1.I. The fraction of sp³-hybridized carbons (Fsp3) is 0.667. The number of hydrogen-bond acceptors (Lipinski definition) is 4. The molecule has 7 heteroatoms. The topological polar surface area (TPSA) is 54.9 Å². The van der Waals surface area contributed by atoms with Crippen LogP contribution in [0.1, 0.15) is 24.1 Å². The number of rotatable bonds is 8. The summed E-state index contributed by atoms with van der Waals surface area (Å²) >= 11 is 1.75. The molecule has 0 amide bonds. The highest BCUT2D eigenvalue weighted by atomic mass is 127. The van der Waals surface area contributed by atoms with Gasteiger partial charge < -0.3 is 20.1 Å². The van der Waals surface area contributed by atoms with Crippen molar-refractivity contribution in [2.24, 2.45) is 4.99 Å². The first-order valence-corrected chi connectivity index (χ1v) is 8.42. The first kappa shape index (κ1) is 19.7. The maximum Gasteiger partial charge on any atom is 0.191 e. The van der Waals surface area contributed by atoms with Gasteiger partial charge in [0.05, 0.1) is 19.3 Å². The lowest BCUT2D eigenvalue weighted by Gasteiger charge is -2.12. The average Bonchev–Trinajstić information content (AvgIpc) is 3.19. The minimum absolute atomic E-state index is 0. The summed E-state index contributed by atoms with van der Waals surface area (Å²) in [7, 11) is 1.79. The Bertz CT molecular complexity index is 409. The number of aliphatic imine (C=N–C) groups is 1. The van der Waals surface area contributed by atoms with Gasteiger partial charge in [-0.25, -0.2) is 0 Å². The van der Waals surface area contributed by atoms with Crippen LogP contribution in [0.25, 0.3) is 0 Å². The van der Waals surface area contributed by atoms with Crippen LogP contribution in [0.4, 0.5) is 0 Å². The minimum Gasteiger partial charge on any atom is -0.379 e. The highest BCUT2D eigenvalue weighted by Crippen LogP contribution is 2.11. The van der Waals surface area contributed by atoms with Gasteiger partial charge in [0.15, 0.2) is 5.96 Å². The molecule has 22 heavy (non-hydrogen) atoms. The van der Waals surface area contributed by atoms with Gasteiger partial charge in [0.1, 0.15) is 0 Å². The van der Waals surface area contributed by atoms with E-state index in [9.17, 15) is 0 Å². The van der Waals surface area contributed by atoms with E-state index in [1.54, 1.807) is 18.4 Å². The molecular formula is C15H26IN3O2S. The monoisotopic (exact) mass is 439 g/mol. The lowest BCUT2D eigenvalue weighted by atomic mass is 10.2. The smallest absolute Gasteiger partial charge is 0.191 e. The Balaban J connectivity index is 0.00000242. The Morgan fingerprint density at radius 3 is 3.09 bits per heavy atom. The van der Waals surface area contributed by atoms with Gasteiger partial charge in [-0.3, -0.25) is 4.99 Å². The van der Waals surface area contributed by atoms with Gasteiger partial charge in [0.2, 0.25) is 0 Å². The van der Waals surface area contributed by atoms with Crippen LogP contribution in [-0.2, 0) is 16.0 Å². The molecule has 1 aromatic heterocycles. The number of halogens is 1. The van der Waals surface area contributed by atoms with Crippen molar-refractivity contribution in [2.75, 3.05) is 33.4 Å². The second-order valence-corrected chi connectivity index (χ2v) is 6.03.